The lowest BCUT2D eigenvalue weighted by molar-refractivity contribution is -0.116. The van der Waals surface area contributed by atoms with Crippen molar-refractivity contribution in [1.29, 1.82) is 0 Å². The van der Waals surface area contributed by atoms with E-state index in [1.54, 1.807) is 12.1 Å². The molecule has 108 valence electrons. The van der Waals surface area contributed by atoms with E-state index in [0.29, 0.717) is 18.4 Å². The van der Waals surface area contributed by atoms with E-state index in [2.05, 4.69) is 10.6 Å². The SMILES string of the molecule is CC(CN(C)C)NC(=O)c1ccc2c(c1)CCC(=O)N2. The second-order valence-electron chi connectivity index (χ2n) is 5.56. The Kier molecular flexibility index (Phi) is 4.39. The first-order valence-electron chi connectivity index (χ1n) is 6.84. The van der Waals surface area contributed by atoms with E-state index in [4.69, 9.17) is 0 Å². The molecule has 2 rings (SSSR count). The van der Waals surface area contributed by atoms with Crippen molar-refractivity contribution in [2.24, 2.45) is 0 Å². The summed E-state index contributed by atoms with van der Waals surface area (Å²) in [4.78, 5) is 25.5. The number of carbonyl (C=O) groups is 2. The van der Waals surface area contributed by atoms with Gasteiger partial charge in [0.2, 0.25) is 5.91 Å². The Morgan fingerprint density at radius 1 is 1.40 bits per heavy atom. The standard InChI is InChI=1S/C15H21N3O2/c1-10(9-18(2)3)16-15(20)12-4-6-13-11(8-12)5-7-14(19)17-13/h4,6,8,10H,5,7,9H2,1-3H3,(H,16,20)(H,17,19). The van der Waals surface area contributed by atoms with Gasteiger partial charge in [-0.05, 0) is 51.2 Å². The third kappa shape index (κ3) is 3.57. The molecule has 0 radical (unpaired) electrons. The summed E-state index contributed by atoms with van der Waals surface area (Å²) in [6.07, 6.45) is 1.17. The van der Waals surface area contributed by atoms with Gasteiger partial charge in [-0.2, -0.15) is 0 Å². The minimum Gasteiger partial charge on any atom is -0.348 e. The van der Waals surface area contributed by atoms with Crippen molar-refractivity contribution in [3.63, 3.8) is 0 Å². The molecule has 0 spiro atoms. The maximum atomic E-state index is 12.2. The van der Waals surface area contributed by atoms with E-state index < -0.39 is 0 Å². The summed E-state index contributed by atoms with van der Waals surface area (Å²) >= 11 is 0. The molecule has 1 heterocycles. The van der Waals surface area contributed by atoms with Crippen LogP contribution < -0.4 is 10.6 Å². The lowest BCUT2D eigenvalue weighted by Crippen LogP contribution is -2.39. The highest BCUT2D eigenvalue weighted by Crippen LogP contribution is 2.23. The predicted molar refractivity (Wildman–Crippen MR) is 78.9 cm³/mol. The van der Waals surface area contributed by atoms with Crippen LogP contribution in [0.25, 0.3) is 0 Å². The molecule has 1 atom stereocenters. The van der Waals surface area contributed by atoms with Gasteiger partial charge in [0.25, 0.3) is 5.91 Å². The lowest BCUT2D eigenvalue weighted by Gasteiger charge is -2.20. The highest BCUT2D eigenvalue weighted by atomic mass is 16.2. The van der Waals surface area contributed by atoms with Crippen LogP contribution in [-0.2, 0) is 11.2 Å². The van der Waals surface area contributed by atoms with Gasteiger partial charge >= 0.3 is 0 Å². The molecule has 0 saturated carbocycles. The van der Waals surface area contributed by atoms with Crippen molar-refractivity contribution in [2.75, 3.05) is 26.0 Å². The number of anilines is 1. The average Bonchev–Trinajstić information content (AvgIpc) is 2.36. The fourth-order valence-electron chi connectivity index (χ4n) is 2.43. The van der Waals surface area contributed by atoms with Gasteiger partial charge in [0.1, 0.15) is 0 Å². The molecular weight excluding hydrogens is 254 g/mol. The summed E-state index contributed by atoms with van der Waals surface area (Å²) in [5.41, 5.74) is 2.49. The fourth-order valence-corrected chi connectivity index (χ4v) is 2.43. The number of amides is 2. The first-order chi connectivity index (χ1) is 9.45. The van der Waals surface area contributed by atoms with Gasteiger partial charge in [-0.25, -0.2) is 0 Å². The molecule has 5 nitrogen and oxygen atoms in total. The largest absolute Gasteiger partial charge is 0.348 e. The third-order valence-corrected chi connectivity index (χ3v) is 3.28. The number of hydrogen-bond acceptors (Lipinski definition) is 3. The Balaban J connectivity index is 2.06. The Morgan fingerprint density at radius 3 is 2.85 bits per heavy atom. The molecule has 1 unspecified atom stereocenters. The Bertz CT molecular complexity index is 526. The number of carbonyl (C=O) groups excluding carboxylic acids is 2. The van der Waals surface area contributed by atoms with Gasteiger partial charge in [-0.15, -0.1) is 0 Å². The Hall–Kier alpha value is -1.88. The zero-order valence-corrected chi connectivity index (χ0v) is 12.2. The van der Waals surface area contributed by atoms with E-state index in [-0.39, 0.29) is 17.9 Å². The van der Waals surface area contributed by atoms with E-state index in [0.717, 1.165) is 17.8 Å². The molecule has 0 fully saturated rings. The van der Waals surface area contributed by atoms with Gasteiger partial charge in [-0.1, -0.05) is 0 Å². The van der Waals surface area contributed by atoms with E-state index >= 15 is 0 Å². The van der Waals surface area contributed by atoms with Crippen LogP contribution in [-0.4, -0.2) is 43.4 Å². The van der Waals surface area contributed by atoms with Crippen LogP contribution in [0.1, 0.15) is 29.3 Å². The zero-order chi connectivity index (χ0) is 14.7. The quantitative estimate of drug-likeness (QED) is 0.869. The van der Waals surface area contributed by atoms with Crippen LogP contribution in [0.2, 0.25) is 0 Å². The molecule has 0 aliphatic carbocycles. The van der Waals surface area contributed by atoms with E-state index in [9.17, 15) is 9.59 Å². The number of benzene rings is 1. The Labute approximate surface area is 119 Å². The van der Waals surface area contributed by atoms with Gasteiger partial charge < -0.3 is 15.5 Å². The molecule has 2 N–H and O–H groups in total. The number of hydrogen-bond donors (Lipinski definition) is 2. The van der Waals surface area contributed by atoms with Crippen molar-refractivity contribution in [3.8, 4) is 0 Å². The Morgan fingerprint density at radius 2 is 2.15 bits per heavy atom. The maximum absolute atomic E-state index is 12.2. The van der Waals surface area contributed by atoms with Crippen LogP contribution in [0, 0.1) is 0 Å². The molecule has 20 heavy (non-hydrogen) atoms. The van der Waals surface area contributed by atoms with E-state index in [1.807, 2.05) is 32.0 Å². The maximum Gasteiger partial charge on any atom is 0.251 e. The van der Waals surface area contributed by atoms with Crippen molar-refractivity contribution < 1.29 is 9.59 Å². The number of likely N-dealkylation sites (N-methyl/N-ethyl adjacent to an activating group) is 1. The van der Waals surface area contributed by atoms with Crippen LogP contribution in [0.15, 0.2) is 18.2 Å². The van der Waals surface area contributed by atoms with Crippen LogP contribution in [0.4, 0.5) is 5.69 Å². The monoisotopic (exact) mass is 275 g/mol. The van der Waals surface area contributed by atoms with Crippen LogP contribution in [0.3, 0.4) is 0 Å². The molecule has 0 bridgehead atoms. The van der Waals surface area contributed by atoms with Gasteiger partial charge in [0, 0.05) is 30.3 Å². The minimum atomic E-state index is -0.0703. The molecule has 1 aromatic carbocycles. The summed E-state index contributed by atoms with van der Waals surface area (Å²) in [6.45, 7) is 2.78. The van der Waals surface area contributed by atoms with Crippen molar-refractivity contribution in [1.82, 2.24) is 10.2 Å². The third-order valence-electron chi connectivity index (χ3n) is 3.28. The topological polar surface area (TPSA) is 61.4 Å². The molecular formula is C15H21N3O2. The number of fused-ring (bicyclic) bond motifs is 1. The lowest BCUT2D eigenvalue weighted by atomic mass is 10.00. The number of nitrogens with zero attached hydrogens (tertiary/aromatic N) is 1. The van der Waals surface area contributed by atoms with Crippen molar-refractivity contribution >= 4 is 17.5 Å². The first kappa shape index (κ1) is 14.5. The smallest absolute Gasteiger partial charge is 0.251 e. The van der Waals surface area contributed by atoms with Crippen molar-refractivity contribution in [3.05, 3.63) is 29.3 Å². The van der Waals surface area contributed by atoms with Gasteiger partial charge in [0.15, 0.2) is 0 Å². The molecule has 1 aliphatic heterocycles. The van der Waals surface area contributed by atoms with E-state index in [1.165, 1.54) is 0 Å². The highest BCUT2D eigenvalue weighted by Gasteiger charge is 2.17. The summed E-state index contributed by atoms with van der Waals surface area (Å²) in [6, 6.07) is 5.51. The predicted octanol–water partition coefficient (Wildman–Crippen LogP) is 1.25. The van der Waals surface area contributed by atoms with Crippen LogP contribution in [0.5, 0.6) is 0 Å². The highest BCUT2D eigenvalue weighted by molar-refractivity contribution is 5.98. The summed E-state index contributed by atoms with van der Waals surface area (Å²) < 4.78 is 0. The fraction of sp³-hybridized carbons (Fsp3) is 0.467. The minimum absolute atomic E-state index is 0.0364. The first-order valence-corrected chi connectivity index (χ1v) is 6.84. The van der Waals surface area contributed by atoms with Crippen LogP contribution >= 0.6 is 0 Å². The average molecular weight is 275 g/mol. The summed E-state index contributed by atoms with van der Waals surface area (Å²) in [5, 5.41) is 5.79. The molecule has 5 heteroatoms. The second kappa shape index (κ2) is 6.05. The zero-order valence-electron chi connectivity index (χ0n) is 12.2. The number of rotatable bonds is 4. The summed E-state index contributed by atoms with van der Waals surface area (Å²) in [7, 11) is 3.95. The molecule has 0 aromatic heterocycles. The molecule has 1 aromatic rings. The second-order valence-corrected chi connectivity index (χ2v) is 5.56. The molecule has 2 amide bonds. The van der Waals surface area contributed by atoms with Gasteiger partial charge in [-0.3, -0.25) is 9.59 Å². The molecule has 1 aliphatic rings. The van der Waals surface area contributed by atoms with Gasteiger partial charge in [0.05, 0.1) is 0 Å². The van der Waals surface area contributed by atoms with Crippen molar-refractivity contribution in [2.45, 2.75) is 25.8 Å². The summed E-state index contributed by atoms with van der Waals surface area (Å²) in [5.74, 6) is -0.0339. The number of aryl methyl sites for hydroxylation is 1. The molecule has 0 saturated heterocycles. The normalized spacial score (nSPS) is 15.5. The number of nitrogens with one attached hydrogen (secondary N) is 2.